The number of halogens is 3. The minimum absolute atomic E-state index is 0.0923. The molecule has 0 saturated carbocycles. The maximum Gasteiger partial charge on any atom is 0.416 e. The molecule has 0 unspecified atom stereocenters. The van der Waals surface area contributed by atoms with Crippen molar-refractivity contribution in [1.82, 2.24) is 0 Å². The van der Waals surface area contributed by atoms with Gasteiger partial charge in [-0.3, -0.25) is 9.59 Å². The van der Waals surface area contributed by atoms with Crippen LogP contribution < -0.4 is 10.2 Å². The van der Waals surface area contributed by atoms with E-state index < -0.39 is 30.2 Å². The summed E-state index contributed by atoms with van der Waals surface area (Å²) in [5, 5.41) is 2.36. The number of carbonyl (C=O) groups excluding carboxylic acids is 3. The van der Waals surface area contributed by atoms with Crippen LogP contribution in [0.3, 0.4) is 0 Å². The Morgan fingerprint density at radius 2 is 1.76 bits per heavy atom. The summed E-state index contributed by atoms with van der Waals surface area (Å²) in [6, 6.07) is 10.3. The van der Waals surface area contributed by atoms with Crippen LogP contribution in [-0.2, 0) is 20.5 Å². The summed E-state index contributed by atoms with van der Waals surface area (Å²) < 4.78 is 42.7. The smallest absolute Gasteiger partial charge is 0.416 e. The van der Waals surface area contributed by atoms with E-state index in [9.17, 15) is 27.6 Å². The summed E-state index contributed by atoms with van der Waals surface area (Å²) in [5.41, 5.74) is -0.120. The van der Waals surface area contributed by atoms with Crippen molar-refractivity contribution in [2.75, 3.05) is 23.4 Å². The van der Waals surface area contributed by atoms with E-state index in [-0.39, 0.29) is 17.2 Å². The van der Waals surface area contributed by atoms with Crippen molar-refractivity contribution in [3.05, 3.63) is 59.7 Å². The first-order chi connectivity index (χ1) is 13.8. The molecule has 6 nitrogen and oxygen atoms in total. The second-order valence-corrected chi connectivity index (χ2v) is 6.37. The lowest BCUT2D eigenvalue weighted by molar-refractivity contribution is -0.137. The number of nitrogens with zero attached hydrogens (tertiary/aromatic N) is 1. The number of benzene rings is 2. The number of hydrogen-bond donors (Lipinski definition) is 1. The highest BCUT2D eigenvalue weighted by molar-refractivity contribution is 6.04. The molecule has 0 bridgehead atoms. The molecule has 9 heteroatoms. The Kier molecular flexibility index (Phi) is 5.86. The Morgan fingerprint density at radius 1 is 1.07 bits per heavy atom. The van der Waals surface area contributed by atoms with Gasteiger partial charge in [-0.15, -0.1) is 0 Å². The molecule has 1 fully saturated rings. The molecule has 3 rings (SSSR count). The summed E-state index contributed by atoms with van der Waals surface area (Å²) in [7, 11) is 0. The molecule has 0 spiro atoms. The van der Waals surface area contributed by atoms with Crippen LogP contribution >= 0.6 is 0 Å². The number of alkyl halides is 3. The van der Waals surface area contributed by atoms with Crippen LogP contribution in [0.25, 0.3) is 0 Å². The predicted octanol–water partition coefficient (Wildman–Crippen LogP) is 3.63. The first kappa shape index (κ1) is 20.4. The highest BCUT2D eigenvalue weighted by Gasteiger charge is 2.30. The molecular formula is C20H17F3N2O4. The van der Waals surface area contributed by atoms with Gasteiger partial charge in [0.1, 0.15) is 0 Å². The molecule has 1 aliphatic rings. The Labute approximate surface area is 164 Å². The van der Waals surface area contributed by atoms with Gasteiger partial charge in [0.25, 0.3) is 5.91 Å². The molecule has 29 heavy (non-hydrogen) atoms. The number of hydrogen-bond acceptors (Lipinski definition) is 4. The second kappa shape index (κ2) is 8.34. The summed E-state index contributed by atoms with van der Waals surface area (Å²) in [6.07, 6.45) is -3.38. The fourth-order valence-corrected chi connectivity index (χ4v) is 2.93. The molecule has 1 aliphatic heterocycles. The van der Waals surface area contributed by atoms with E-state index in [0.29, 0.717) is 25.1 Å². The fourth-order valence-electron chi connectivity index (χ4n) is 2.93. The van der Waals surface area contributed by atoms with E-state index >= 15 is 0 Å². The summed E-state index contributed by atoms with van der Waals surface area (Å²) in [4.78, 5) is 37.8. The Hall–Kier alpha value is -3.36. The van der Waals surface area contributed by atoms with Crippen molar-refractivity contribution >= 4 is 29.2 Å². The van der Waals surface area contributed by atoms with Crippen LogP contribution in [0.4, 0.5) is 24.5 Å². The topological polar surface area (TPSA) is 75.7 Å². The summed E-state index contributed by atoms with van der Waals surface area (Å²) in [6.45, 7) is -0.125. The van der Waals surface area contributed by atoms with Crippen LogP contribution in [0.2, 0.25) is 0 Å². The average molecular weight is 406 g/mol. The maximum absolute atomic E-state index is 12.6. The van der Waals surface area contributed by atoms with Crippen molar-refractivity contribution in [2.24, 2.45) is 0 Å². The third-order valence-corrected chi connectivity index (χ3v) is 4.32. The number of ether oxygens (including phenoxy) is 1. The number of nitrogens with one attached hydrogen (secondary N) is 1. The largest absolute Gasteiger partial charge is 0.452 e. The monoisotopic (exact) mass is 406 g/mol. The van der Waals surface area contributed by atoms with Crippen molar-refractivity contribution in [3.8, 4) is 0 Å². The lowest BCUT2D eigenvalue weighted by Gasteiger charge is -2.18. The molecule has 0 radical (unpaired) electrons. The highest BCUT2D eigenvalue weighted by Crippen LogP contribution is 2.30. The van der Waals surface area contributed by atoms with Crippen molar-refractivity contribution in [2.45, 2.75) is 19.0 Å². The predicted molar refractivity (Wildman–Crippen MR) is 98.4 cm³/mol. The molecule has 1 N–H and O–H groups in total. The van der Waals surface area contributed by atoms with Gasteiger partial charge in [-0.05, 0) is 42.8 Å². The molecule has 2 aromatic carbocycles. The van der Waals surface area contributed by atoms with E-state index in [1.54, 1.807) is 18.2 Å². The van der Waals surface area contributed by atoms with Crippen molar-refractivity contribution in [3.63, 3.8) is 0 Å². The SMILES string of the molecule is O=C(COC(=O)c1ccccc1N1CCCC1=O)Nc1ccc(C(F)(F)F)cc1. The van der Waals surface area contributed by atoms with E-state index in [1.807, 2.05) is 0 Å². The van der Waals surface area contributed by atoms with E-state index in [2.05, 4.69) is 5.32 Å². The lowest BCUT2D eigenvalue weighted by Crippen LogP contribution is -2.27. The van der Waals surface area contributed by atoms with Gasteiger partial charge in [-0.25, -0.2) is 4.79 Å². The third kappa shape index (κ3) is 4.92. The van der Waals surface area contributed by atoms with Gasteiger partial charge < -0.3 is 15.0 Å². The Bertz CT molecular complexity index is 926. The van der Waals surface area contributed by atoms with Gasteiger partial charge in [-0.1, -0.05) is 12.1 Å². The molecule has 2 aromatic rings. The zero-order valence-corrected chi connectivity index (χ0v) is 15.2. The first-order valence-electron chi connectivity index (χ1n) is 8.79. The van der Waals surface area contributed by atoms with Crippen LogP contribution in [-0.4, -0.2) is 30.9 Å². The molecule has 2 amide bonds. The third-order valence-electron chi connectivity index (χ3n) is 4.32. The molecule has 152 valence electrons. The van der Waals surface area contributed by atoms with Gasteiger partial charge in [-0.2, -0.15) is 13.2 Å². The molecule has 0 aromatic heterocycles. The van der Waals surface area contributed by atoms with Crippen LogP contribution in [0, 0.1) is 0 Å². The zero-order chi connectivity index (χ0) is 21.0. The fraction of sp³-hybridized carbons (Fsp3) is 0.250. The number of amides is 2. The van der Waals surface area contributed by atoms with Crippen LogP contribution in [0.5, 0.6) is 0 Å². The molecule has 1 heterocycles. The molecule has 0 atom stereocenters. The second-order valence-electron chi connectivity index (χ2n) is 6.37. The van der Waals surface area contributed by atoms with E-state index in [1.165, 1.54) is 11.0 Å². The average Bonchev–Trinajstić information content (AvgIpc) is 3.11. The van der Waals surface area contributed by atoms with Crippen LogP contribution in [0.15, 0.2) is 48.5 Å². The molecule has 1 saturated heterocycles. The van der Waals surface area contributed by atoms with Gasteiger partial charge in [0.2, 0.25) is 5.91 Å². The lowest BCUT2D eigenvalue weighted by atomic mass is 10.1. The number of carbonyl (C=O) groups is 3. The summed E-state index contributed by atoms with van der Waals surface area (Å²) >= 11 is 0. The normalized spacial score (nSPS) is 14.0. The van der Waals surface area contributed by atoms with E-state index in [4.69, 9.17) is 4.74 Å². The summed E-state index contributed by atoms with van der Waals surface area (Å²) in [5.74, 6) is -1.57. The number of anilines is 2. The quantitative estimate of drug-likeness (QED) is 0.770. The molecular weight excluding hydrogens is 389 g/mol. The number of para-hydroxylation sites is 1. The van der Waals surface area contributed by atoms with Gasteiger partial charge in [0.15, 0.2) is 6.61 Å². The van der Waals surface area contributed by atoms with Gasteiger partial charge in [0, 0.05) is 18.7 Å². The Balaban J connectivity index is 1.60. The first-order valence-corrected chi connectivity index (χ1v) is 8.79. The highest BCUT2D eigenvalue weighted by atomic mass is 19.4. The van der Waals surface area contributed by atoms with Gasteiger partial charge in [0.05, 0.1) is 16.8 Å². The van der Waals surface area contributed by atoms with Crippen LogP contribution in [0.1, 0.15) is 28.8 Å². The van der Waals surface area contributed by atoms with E-state index in [0.717, 1.165) is 24.3 Å². The standard InChI is InChI=1S/C20H17F3N2O4/c21-20(22,23)13-7-9-14(10-8-13)24-17(26)12-29-19(28)15-4-1-2-5-16(15)25-11-3-6-18(25)27/h1-2,4-5,7-10H,3,6,11-12H2,(H,24,26). The maximum atomic E-state index is 12.6. The Morgan fingerprint density at radius 3 is 2.38 bits per heavy atom. The van der Waals surface area contributed by atoms with Gasteiger partial charge >= 0.3 is 12.1 Å². The van der Waals surface area contributed by atoms with Crippen molar-refractivity contribution < 1.29 is 32.3 Å². The minimum atomic E-state index is -4.47. The zero-order valence-electron chi connectivity index (χ0n) is 15.2. The minimum Gasteiger partial charge on any atom is -0.452 e. The molecule has 0 aliphatic carbocycles. The van der Waals surface area contributed by atoms with Crippen molar-refractivity contribution in [1.29, 1.82) is 0 Å². The number of esters is 1. The number of rotatable bonds is 5.